The fourth-order valence-electron chi connectivity index (χ4n) is 2.98. The first kappa shape index (κ1) is 13.3. The lowest BCUT2D eigenvalue weighted by molar-refractivity contribution is -0.0159. The van der Waals surface area contributed by atoms with Gasteiger partial charge in [0.2, 0.25) is 0 Å². The molecule has 2 aliphatic rings. The molecule has 1 aliphatic heterocycles. The molecule has 1 saturated heterocycles. The highest BCUT2D eigenvalue weighted by molar-refractivity contribution is 4.98. The zero-order valence-corrected chi connectivity index (χ0v) is 11.5. The van der Waals surface area contributed by atoms with Gasteiger partial charge in [0.15, 0.2) is 0 Å². The van der Waals surface area contributed by atoms with Crippen molar-refractivity contribution in [1.29, 1.82) is 0 Å². The van der Waals surface area contributed by atoms with Crippen LogP contribution in [0, 0.1) is 0 Å². The molecular formula is C13H27N3O. The Morgan fingerprint density at radius 3 is 2.53 bits per heavy atom. The van der Waals surface area contributed by atoms with Crippen molar-refractivity contribution in [3.8, 4) is 0 Å². The van der Waals surface area contributed by atoms with Crippen LogP contribution < -0.4 is 5.32 Å². The standard InChI is InChI=1S/C13H27N3O/c1-15(2)13(5-4-6-13)11-16(3)10-12-9-14-7-8-17-12/h12,14H,4-11H2,1-3H3. The summed E-state index contributed by atoms with van der Waals surface area (Å²) >= 11 is 0. The van der Waals surface area contributed by atoms with Gasteiger partial charge in [-0.1, -0.05) is 0 Å². The molecule has 0 radical (unpaired) electrons. The van der Waals surface area contributed by atoms with Crippen molar-refractivity contribution in [3.63, 3.8) is 0 Å². The quantitative estimate of drug-likeness (QED) is 0.754. The van der Waals surface area contributed by atoms with E-state index >= 15 is 0 Å². The molecule has 1 aliphatic carbocycles. The molecule has 1 unspecified atom stereocenters. The van der Waals surface area contributed by atoms with Gasteiger partial charge in [0.05, 0.1) is 12.7 Å². The third-order valence-electron chi connectivity index (χ3n) is 4.32. The van der Waals surface area contributed by atoms with Crippen LogP contribution in [-0.4, -0.2) is 75.4 Å². The van der Waals surface area contributed by atoms with Crippen LogP contribution in [0.5, 0.6) is 0 Å². The van der Waals surface area contributed by atoms with Gasteiger partial charge in [0.1, 0.15) is 0 Å². The lowest BCUT2D eigenvalue weighted by Gasteiger charge is -2.49. The van der Waals surface area contributed by atoms with E-state index in [1.165, 1.54) is 25.8 Å². The van der Waals surface area contributed by atoms with E-state index in [0.29, 0.717) is 11.6 Å². The smallest absolute Gasteiger partial charge is 0.0826 e. The SMILES string of the molecule is CN(CC1CNCCO1)CC1(N(C)C)CCC1. The van der Waals surface area contributed by atoms with Crippen LogP contribution in [0.25, 0.3) is 0 Å². The monoisotopic (exact) mass is 241 g/mol. The van der Waals surface area contributed by atoms with Gasteiger partial charge < -0.3 is 19.9 Å². The van der Waals surface area contributed by atoms with Gasteiger partial charge in [-0.2, -0.15) is 0 Å². The number of ether oxygens (including phenoxy) is 1. The molecule has 100 valence electrons. The summed E-state index contributed by atoms with van der Waals surface area (Å²) in [5, 5.41) is 3.39. The van der Waals surface area contributed by atoms with Gasteiger partial charge in [-0.25, -0.2) is 0 Å². The summed E-state index contributed by atoms with van der Waals surface area (Å²) in [7, 11) is 6.65. The highest BCUT2D eigenvalue weighted by atomic mass is 16.5. The predicted octanol–water partition coefficient (Wildman–Crippen LogP) is 0.391. The lowest BCUT2D eigenvalue weighted by atomic mass is 9.75. The molecule has 1 atom stereocenters. The van der Waals surface area contributed by atoms with Gasteiger partial charge in [-0.05, 0) is 40.4 Å². The minimum Gasteiger partial charge on any atom is -0.374 e. The van der Waals surface area contributed by atoms with Gasteiger partial charge in [-0.3, -0.25) is 0 Å². The van der Waals surface area contributed by atoms with Crippen LogP contribution in [0.1, 0.15) is 19.3 Å². The molecule has 1 N–H and O–H groups in total. The third-order valence-corrected chi connectivity index (χ3v) is 4.32. The Kier molecular flexibility index (Phi) is 4.42. The van der Waals surface area contributed by atoms with Crippen LogP contribution in [0.2, 0.25) is 0 Å². The van der Waals surface area contributed by atoms with Crippen molar-refractivity contribution in [1.82, 2.24) is 15.1 Å². The highest BCUT2D eigenvalue weighted by Gasteiger charge is 2.39. The molecule has 2 rings (SSSR count). The second-order valence-electron chi connectivity index (χ2n) is 5.87. The van der Waals surface area contributed by atoms with Crippen molar-refractivity contribution in [3.05, 3.63) is 0 Å². The number of nitrogens with zero attached hydrogens (tertiary/aromatic N) is 2. The first-order valence-corrected chi connectivity index (χ1v) is 6.81. The van der Waals surface area contributed by atoms with Gasteiger partial charge in [0, 0.05) is 31.7 Å². The molecule has 2 fully saturated rings. The topological polar surface area (TPSA) is 27.7 Å². The second-order valence-corrected chi connectivity index (χ2v) is 5.87. The summed E-state index contributed by atoms with van der Waals surface area (Å²) in [4.78, 5) is 4.85. The largest absolute Gasteiger partial charge is 0.374 e. The summed E-state index contributed by atoms with van der Waals surface area (Å²) in [6.45, 7) is 5.07. The fourth-order valence-corrected chi connectivity index (χ4v) is 2.98. The molecule has 4 heteroatoms. The Labute approximate surface area is 105 Å². The summed E-state index contributed by atoms with van der Waals surface area (Å²) < 4.78 is 5.76. The number of rotatable bonds is 5. The highest BCUT2D eigenvalue weighted by Crippen LogP contribution is 2.36. The zero-order chi connectivity index (χ0) is 12.3. The first-order valence-electron chi connectivity index (χ1n) is 6.81. The minimum absolute atomic E-state index is 0.369. The van der Waals surface area contributed by atoms with E-state index in [1.54, 1.807) is 0 Å². The summed E-state index contributed by atoms with van der Waals surface area (Å²) in [5.41, 5.74) is 0.427. The lowest BCUT2D eigenvalue weighted by Crippen LogP contribution is -2.58. The van der Waals surface area contributed by atoms with Crippen molar-refractivity contribution in [2.24, 2.45) is 0 Å². The third kappa shape index (κ3) is 3.19. The average Bonchev–Trinajstić information content (AvgIpc) is 2.24. The van der Waals surface area contributed by atoms with Gasteiger partial charge in [0.25, 0.3) is 0 Å². The number of morpholine rings is 1. The number of likely N-dealkylation sites (N-methyl/N-ethyl adjacent to an activating group) is 2. The van der Waals surface area contributed by atoms with Crippen LogP contribution in [-0.2, 0) is 4.74 Å². The van der Waals surface area contributed by atoms with E-state index < -0.39 is 0 Å². The van der Waals surface area contributed by atoms with Gasteiger partial charge in [-0.15, -0.1) is 0 Å². The van der Waals surface area contributed by atoms with Crippen LogP contribution >= 0.6 is 0 Å². The first-order chi connectivity index (χ1) is 8.12. The predicted molar refractivity (Wildman–Crippen MR) is 70.4 cm³/mol. The van der Waals surface area contributed by atoms with Crippen LogP contribution in [0.3, 0.4) is 0 Å². The summed E-state index contributed by atoms with van der Waals surface area (Å²) in [6, 6.07) is 0. The Morgan fingerprint density at radius 2 is 2.06 bits per heavy atom. The molecule has 1 heterocycles. The normalized spacial score (nSPS) is 28.4. The van der Waals surface area contributed by atoms with E-state index in [1.807, 2.05) is 0 Å². The minimum atomic E-state index is 0.369. The molecule has 0 amide bonds. The molecule has 4 nitrogen and oxygen atoms in total. The Morgan fingerprint density at radius 1 is 1.29 bits per heavy atom. The molecule has 0 aromatic rings. The van der Waals surface area contributed by atoms with Crippen molar-refractivity contribution in [2.75, 3.05) is 53.9 Å². The van der Waals surface area contributed by atoms with Crippen molar-refractivity contribution < 1.29 is 4.74 Å². The molecule has 0 aromatic heterocycles. The Hall–Kier alpha value is -0.160. The van der Waals surface area contributed by atoms with Crippen LogP contribution in [0.4, 0.5) is 0 Å². The van der Waals surface area contributed by atoms with E-state index in [2.05, 4.69) is 36.3 Å². The van der Waals surface area contributed by atoms with E-state index in [9.17, 15) is 0 Å². The fraction of sp³-hybridized carbons (Fsp3) is 1.00. The second kappa shape index (κ2) is 5.65. The molecule has 0 aromatic carbocycles. The molecule has 0 bridgehead atoms. The van der Waals surface area contributed by atoms with Crippen molar-refractivity contribution >= 4 is 0 Å². The van der Waals surface area contributed by atoms with E-state index in [4.69, 9.17) is 4.74 Å². The van der Waals surface area contributed by atoms with Crippen molar-refractivity contribution in [2.45, 2.75) is 30.9 Å². The number of nitrogens with one attached hydrogen (secondary N) is 1. The molecule has 17 heavy (non-hydrogen) atoms. The van der Waals surface area contributed by atoms with Crippen LogP contribution in [0.15, 0.2) is 0 Å². The zero-order valence-electron chi connectivity index (χ0n) is 11.5. The summed E-state index contributed by atoms with van der Waals surface area (Å²) in [6.07, 6.45) is 4.43. The number of hydrogen-bond acceptors (Lipinski definition) is 4. The Bertz CT molecular complexity index is 235. The molecule has 1 saturated carbocycles. The van der Waals surface area contributed by atoms with E-state index in [0.717, 1.165) is 26.2 Å². The maximum Gasteiger partial charge on any atom is 0.0826 e. The maximum atomic E-state index is 5.76. The maximum absolute atomic E-state index is 5.76. The van der Waals surface area contributed by atoms with Gasteiger partial charge >= 0.3 is 0 Å². The molecule has 0 spiro atoms. The average molecular weight is 241 g/mol. The summed E-state index contributed by atoms with van der Waals surface area (Å²) in [5.74, 6) is 0. The molecular weight excluding hydrogens is 214 g/mol. The Balaban J connectivity index is 1.77. The number of hydrogen-bond donors (Lipinski definition) is 1. The van der Waals surface area contributed by atoms with E-state index in [-0.39, 0.29) is 0 Å².